The van der Waals surface area contributed by atoms with E-state index in [2.05, 4.69) is 6.92 Å². The normalized spacial score (nSPS) is 44.6. The highest BCUT2D eigenvalue weighted by molar-refractivity contribution is 5.01. The van der Waals surface area contributed by atoms with Crippen molar-refractivity contribution >= 4 is 0 Å². The molecule has 2 fully saturated rings. The van der Waals surface area contributed by atoms with Crippen molar-refractivity contribution in [1.29, 1.82) is 0 Å². The van der Waals surface area contributed by atoms with Crippen LogP contribution in [0.1, 0.15) is 32.6 Å². The Morgan fingerprint density at radius 2 is 1.94 bits per heavy atom. The predicted molar refractivity (Wildman–Crippen MR) is 61.0 cm³/mol. The second-order valence-electron chi connectivity index (χ2n) is 5.23. The molecule has 0 aromatic carbocycles. The number of hydrogen-bond donors (Lipinski definition) is 3. The molecule has 0 aliphatic carbocycles. The number of nitrogens with zero attached hydrogens (tertiary/aromatic N) is 1. The number of fused-ring (bicyclic) bond motifs is 1. The predicted octanol–water partition coefficient (Wildman–Crippen LogP) is -0.0366. The molecule has 0 bridgehead atoms. The second-order valence-corrected chi connectivity index (χ2v) is 5.23. The Labute approximate surface area is 96.9 Å². The van der Waals surface area contributed by atoms with Crippen LogP contribution in [0, 0.1) is 5.92 Å². The number of aliphatic hydroxyl groups is 3. The molecular weight excluding hydrogens is 206 g/mol. The van der Waals surface area contributed by atoms with Crippen LogP contribution in [0.4, 0.5) is 0 Å². The summed E-state index contributed by atoms with van der Waals surface area (Å²) in [6.07, 6.45) is 2.34. The van der Waals surface area contributed by atoms with Gasteiger partial charge in [0.25, 0.3) is 0 Å². The second kappa shape index (κ2) is 5.00. The molecule has 0 aromatic heterocycles. The maximum atomic E-state index is 10.2. The molecule has 94 valence electrons. The zero-order chi connectivity index (χ0) is 11.7. The molecule has 0 radical (unpaired) electrons. The summed E-state index contributed by atoms with van der Waals surface area (Å²) in [6.45, 7) is 3.54. The monoisotopic (exact) mass is 229 g/mol. The molecule has 2 aliphatic heterocycles. The summed E-state index contributed by atoms with van der Waals surface area (Å²) in [4.78, 5) is 2.03. The number of aliphatic hydroxyl groups excluding tert-OH is 3. The van der Waals surface area contributed by atoms with Gasteiger partial charge in [-0.25, -0.2) is 0 Å². The fourth-order valence-electron chi connectivity index (χ4n) is 3.13. The number of rotatable bonds is 3. The fraction of sp³-hybridized carbons (Fsp3) is 1.00. The van der Waals surface area contributed by atoms with Gasteiger partial charge in [-0.1, -0.05) is 19.8 Å². The van der Waals surface area contributed by atoms with Gasteiger partial charge in [-0.3, -0.25) is 4.90 Å². The minimum atomic E-state index is -0.778. The minimum absolute atomic E-state index is 0.245. The first-order valence-corrected chi connectivity index (χ1v) is 6.43. The van der Waals surface area contributed by atoms with E-state index in [1.807, 2.05) is 4.90 Å². The van der Waals surface area contributed by atoms with Crippen molar-refractivity contribution in [1.82, 2.24) is 4.90 Å². The van der Waals surface area contributed by atoms with E-state index in [0.717, 1.165) is 32.2 Å². The standard InChI is InChI=1S/C12H23NO3/c1-2-3-4-8-5-6-13-7-9(14)12(16)10(13)11(8)15/h8-12,14-16H,2-7H2,1H3/t8-,9+,10-,11-,12+/m0/s1. The van der Waals surface area contributed by atoms with Gasteiger partial charge < -0.3 is 15.3 Å². The van der Waals surface area contributed by atoms with E-state index in [1.54, 1.807) is 0 Å². The maximum absolute atomic E-state index is 10.2. The lowest BCUT2D eigenvalue weighted by Gasteiger charge is -2.40. The average Bonchev–Trinajstić information content (AvgIpc) is 2.55. The Bertz CT molecular complexity index is 236. The van der Waals surface area contributed by atoms with Crippen LogP contribution in [-0.4, -0.2) is 57.7 Å². The number of piperidine rings is 1. The fourth-order valence-corrected chi connectivity index (χ4v) is 3.13. The summed E-state index contributed by atoms with van der Waals surface area (Å²) >= 11 is 0. The third kappa shape index (κ3) is 2.12. The molecule has 5 atom stereocenters. The minimum Gasteiger partial charge on any atom is -0.391 e. The highest BCUT2D eigenvalue weighted by Gasteiger charge is 2.48. The molecule has 2 aliphatic rings. The number of hydrogen-bond acceptors (Lipinski definition) is 4. The lowest BCUT2D eigenvalue weighted by Crippen LogP contribution is -2.53. The van der Waals surface area contributed by atoms with Gasteiger partial charge in [0, 0.05) is 6.54 Å². The van der Waals surface area contributed by atoms with Crippen molar-refractivity contribution in [3.63, 3.8) is 0 Å². The third-order valence-corrected chi connectivity index (χ3v) is 4.14. The Morgan fingerprint density at radius 1 is 1.19 bits per heavy atom. The molecule has 4 nitrogen and oxygen atoms in total. The van der Waals surface area contributed by atoms with E-state index in [9.17, 15) is 15.3 Å². The van der Waals surface area contributed by atoms with Gasteiger partial charge in [0.05, 0.1) is 24.4 Å². The van der Waals surface area contributed by atoms with Crippen LogP contribution >= 0.6 is 0 Å². The van der Waals surface area contributed by atoms with E-state index in [1.165, 1.54) is 0 Å². The molecule has 4 heteroatoms. The van der Waals surface area contributed by atoms with Crippen LogP contribution in [0.5, 0.6) is 0 Å². The Morgan fingerprint density at radius 3 is 2.62 bits per heavy atom. The van der Waals surface area contributed by atoms with Crippen molar-refractivity contribution in [2.75, 3.05) is 13.1 Å². The highest BCUT2D eigenvalue weighted by atomic mass is 16.3. The van der Waals surface area contributed by atoms with Gasteiger partial charge >= 0.3 is 0 Å². The third-order valence-electron chi connectivity index (χ3n) is 4.14. The molecule has 0 amide bonds. The van der Waals surface area contributed by atoms with E-state index in [-0.39, 0.29) is 6.04 Å². The van der Waals surface area contributed by atoms with Crippen LogP contribution in [0.3, 0.4) is 0 Å². The van der Waals surface area contributed by atoms with Crippen LogP contribution in [-0.2, 0) is 0 Å². The molecular formula is C12H23NO3. The van der Waals surface area contributed by atoms with E-state index >= 15 is 0 Å². The van der Waals surface area contributed by atoms with Crippen molar-refractivity contribution in [2.45, 2.75) is 57.0 Å². The van der Waals surface area contributed by atoms with E-state index in [0.29, 0.717) is 12.5 Å². The first kappa shape index (κ1) is 12.3. The van der Waals surface area contributed by atoms with Crippen molar-refractivity contribution in [2.24, 2.45) is 5.92 Å². The zero-order valence-electron chi connectivity index (χ0n) is 9.92. The first-order chi connectivity index (χ1) is 7.65. The highest BCUT2D eigenvalue weighted by Crippen LogP contribution is 2.33. The smallest absolute Gasteiger partial charge is 0.0991 e. The SMILES string of the molecule is CCCC[C@H]1CCN2C[C@@H](O)[C@@H](O)[C@@H]2[C@H]1O. The average molecular weight is 229 g/mol. The summed E-state index contributed by atoms with van der Waals surface area (Å²) in [5, 5.41) is 29.7. The van der Waals surface area contributed by atoms with Gasteiger partial charge in [-0.15, -0.1) is 0 Å². The van der Waals surface area contributed by atoms with Crippen LogP contribution < -0.4 is 0 Å². The van der Waals surface area contributed by atoms with Crippen molar-refractivity contribution in [3.05, 3.63) is 0 Å². The Hall–Kier alpha value is -0.160. The van der Waals surface area contributed by atoms with Crippen LogP contribution in [0.2, 0.25) is 0 Å². The lowest BCUT2D eigenvalue weighted by molar-refractivity contribution is -0.0584. The van der Waals surface area contributed by atoms with Crippen LogP contribution in [0.15, 0.2) is 0 Å². The quantitative estimate of drug-likeness (QED) is 0.635. The molecule has 0 spiro atoms. The van der Waals surface area contributed by atoms with Crippen LogP contribution in [0.25, 0.3) is 0 Å². The topological polar surface area (TPSA) is 63.9 Å². The van der Waals surface area contributed by atoms with Crippen molar-refractivity contribution < 1.29 is 15.3 Å². The van der Waals surface area contributed by atoms with Gasteiger partial charge in [0.1, 0.15) is 0 Å². The molecule has 2 rings (SSSR count). The summed E-state index contributed by atoms with van der Waals surface area (Å²) in [5.74, 6) is 0.293. The molecule has 0 saturated carbocycles. The molecule has 3 N–H and O–H groups in total. The summed E-state index contributed by atoms with van der Waals surface area (Å²) in [6, 6.07) is -0.245. The zero-order valence-corrected chi connectivity index (χ0v) is 9.92. The van der Waals surface area contributed by atoms with Gasteiger partial charge in [0.15, 0.2) is 0 Å². The van der Waals surface area contributed by atoms with E-state index in [4.69, 9.17) is 0 Å². The van der Waals surface area contributed by atoms with Gasteiger partial charge in [-0.2, -0.15) is 0 Å². The number of unbranched alkanes of at least 4 members (excludes halogenated alkanes) is 1. The summed E-state index contributed by atoms with van der Waals surface area (Å²) < 4.78 is 0. The molecule has 2 saturated heterocycles. The van der Waals surface area contributed by atoms with E-state index < -0.39 is 18.3 Å². The van der Waals surface area contributed by atoms with Gasteiger partial charge in [-0.05, 0) is 25.3 Å². The molecule has 0 aromatic rings. The maximum Gasteiger partial charge on any atom is 0.0991 e. The molecule has 16 heavy (non-hydrogen) atoms. The van der Waals surface area contributed by atoms with Gasteiger partial charge in [0.2, 0.25) is 0 Å². The summed E-state index contributed by atoms with van der Waals surface area (Å²) in [7, 11) is 0. The van der Waals surface area contributed by atoms with Crippen molar-refractivity contribution in [3.8, 4) is 0 Å². The first-order valence-electron chi connectivity index (χ1n) is 6.43. The lowest BCUT2D eigenvalue weighted by atomic mass is 9.83. The Balaban J connectivity index is 1.99. The summed E-state index contributed by atoms with van der Waals surface area (Å²) in [5.41, 5.74) is 0. The largest absolute Gasteiger partial charge is 0.391 e. The molecule has 0 unspecified atom stereocenters. The Kier molecular flexibility index (Phi) is 3.85. The molecule has 2 heterocycles.